The normalized spacial score (nSPS) is 10.8. The highest BCUT2D eigenvalue weighted by Gasteiger charge is 2.15. The quantitative estimate of drug-likeness (QED) is 0.481. The summed E-state index contributed by atoms with van der Waals surface area (Å²) < 4.78 is 0. The van der Waals surface area contributed by atoms with Gasteiger partial charge in [0.1, 0.15) is 0 Å². The fourth-order valence-electron chi connectivity index (χ4n) is 2.36. The molecule has 7 heteroatoms. The lowest BCUT2D eigenvalue weighted by Crippen LogP contribution is -2.32. The molecule has 0 saturated carbocycles. The third-order valence-electron chi connectivity index (χ3n) is 3.45. The van der Waals surface area contributed by atoms with E-state index in [1.807, 2.05) is 32.9 Å². The minimum Gasteiger partial charge on any atom is -0.317 e. The molecule has 0 saturated heterocycles. The van der Waals surface area contributed by atoms with Crippen LogP contribution in [0.25, 0.3) is 0 Å². The lowest BCUT2D eigenvalue weighted by molar-refractivity contribution is -0.136. The topological polar surface area (TPSA) is 70.6 Å². The van der Waals surface area contributed by atoms with Gasteiger partial charge >= 0.3 is 11.8 Å². The van der Waals surface area contributed by atoms with Crippen LogP contribution in [0, 0.1) is 20.8 Å². The van der Waals surface area contributed by atoms with Gasteiger partial charge in [0.25, 0.3) is 0 Å². The Kier molecular flexibility index (Phi) is 6.17. The van der Waals surface area contributed by atoms with Gasteiger partial charge in [-0.25, -0.2) is 5.43 Å². The zero-order chi connectivity index (χ0) is 18.6. The number of carbonyl (C=O) groups excluding carboxylic acids is 2. The maximum absolute atomic E-state index is 12.0. The third-order valence-corrected chi connectivity index (χ3v) is 4.02. The number of benzene rings is 2. The Labute approximate surface area is 156 Å². The number of anilines is 1. The van der Waals surface area contributed by atoms with Crippen LogP contribution in [0.2, 0.25) is 10.0 Å². The first-order valence-corrected chi connectivity index (χ1v) is 8.21. The molecule has 0 aromatic heterocycles. The summed E-state index contributed by atoms with van der Waals surface area (Å²) in [6.07, 6.45) is 1.34. The monoisotopic (exact) mass is 377 g/mol. The van der Waals surface area contributed by atoms with Crippen molar-refractivity contribution in [2.45, 2.75) is 20.8 Å². The van der Waals surface area contributed by atoms with Gasteiger partial charge in [-0.05, 0) is 44.0 Å². The first kappa shape index (κ1) is 19.0. The molecule has 5 nitrogen and oxygen atoms in total. The maximum Gasteiger partial charge on any atom is 0.329 e. The first-order chi connectivity index (χ1) is 11.8. The van der Waals surface area contributed by atoms with Gasteiger partial charge < -0.3 is 5.32 Å². The summed E-state index contributed by atoms with van der Waals surface area (Å²) in [5.74, 6) is -1.67. The van der Waals surface area contributed by atoms with E-state index in [9.17, 15) is 9.59 Å². The average molecular weight is 378 g/mol. The second-order valence-corrected chi connectivity index (χ2v) is 6.44. The van der Waals surface area contributed by atoms with Crippen molar-refractivity contribution in [3.63, 3.8) is 0 Å². The standard InChI is InChI=1S/C18H17Cl2N3O2/c1-10-6-11(2)16(12(3)7-10)22-17(24)18(25)23-21-9-13-4-5-14(19)8-15(13)20/h4-9H,1-3H3,(H,22,24)(H,23,25)/b21-9-. The van der Waals surface area contributed by atoms with Crippen molar-refractivity contribution in [2.75, 3.05) is 5.32 Å². The maximum atomic E-state index is 12.0. The summed E-state index contributed by atoms with van der Waals surface area (Å²) >= 11 is 11.8. The number of carbonyl (C=O) groups is 2. The van der Waals surface area contributed by atoms with Gasteiger partial charge in [-0.3, -0.25) is 9.59 Å². The lowest BCUT2D eigenvalue weighted by atomic mass is 10.1. The Morgan fingerprint density at radius 2 is 1.64 bits per heavy atom. The Morgan fingerprint density at radius 1 is 1.00 bits per heavy atom. The number of hydrogen-bond donors (Lipinski definition) is 2. The van der Waals surface area contributed by atoms with Crippen LogP contribution in [0.1, 0.15) is 22.3 Å². The van der Waals surface area contributed by atoms with Crippen molar-refractivity contribution < 1.29 is 9.59 Å². The number of rotatable bonds is 3. The van der Waals surface area contributed by atoms with Gasteiger partial charge in [-0.2, -0.15) is 5.10 Å². The molecule has 0 bridgehead atoms. The molecule has 2 aromatic carbocycles. The summed E-state index contributed by atoms with van der Waals surface area (Å²) in [6, 6.07) is 8.72. The second-order valence-electron chi connectivity index (χ2n) is 5.59. The van der Waals surface area contributed by atoms with E-state index in [2.05, 4.69) is 15.8 Å². The third kappa shape index (κ3) is 5.05. The van der Waals surface area contributed by atoms with E-state index in [0.29, 0.717) is 21.3 Å². The van der Waals surface area contributed by atoms with Gasteiger partial charge in [0, 0.05) is 16.3 Å². The molecule has 2 aromatic rings. The zero-order valence-corrected chi connectivity index (χ0v) is 15.5. The number of halogens is 2. The van der Waals surface area contributed by atoms with E-state index < -0.39 is 11.8 Å². The molecule has 0 aliphatic heterocycles. The van der Waals surface area contributed by atoms with Crippen molar-refractivity contribution in [3.05, 3.63) is 62.6 Å². The van der Waals surface area contributed by atoms with Gasteiger partial charge in [0.05, 0.1) is 11.2 Å². The highest BCUT2D eigenvalue weighted by atomic mass is 35.5. The second kappa shape index (κ2) is 8.14. The molecule has 2 amide bonds. The minimum atomic E-state index is -0.874. The highest BCUT2D eigenvalue weighted by Crippen LogP contribution is 2.22. The number of amides is 2. The van der Waals surface area contributed by atoms with Gasteiger partial charge in [0.2, 0.25) is 0 Å². The SMILES string of the molecule is Cc1cc(C)c(NC(=O)C(=O)N/N=C\c2ccc(Cl)cc2Cl)c(C)c1. The molecule has 0 aliphatic rings. The van der Waals surface area contributed by atoms with Gasteiger partial charge in [-0.15, -0.1) is 0 Å². The molecule has 0 spiro atoms. The predicted octanol–water partition coefficient (Wildman–Crippen LogP) is 4.01. The molecular weight excluding hydrogens is 361 g/mol. The molecule has 0 fully saturated rings. The Bertz CT molecular complexity index is 840. The summed E-state index contributed by atoms with van der Waals surface area (Å²) in [5, 5.41) is 7.23. The van der Waals surface area contributed by atoms with Crippen molar-refractivity contribution in [1.82, 2.24) is 5.43 Å². The van der Waals surface area contributed by atoms with E-state index in [1.54, 1.807) is 18.2 Å². The largest absolute Gasteiger partial charge is 0.329 e. The Morgan fingerprint density at radius 3 is 2.24 bits per heavy atom. The zero-order valence-electron chi connectivity index (χ0n) is 14.0. The van der Waals surface area contributed by atoms with E-state index in [4.69, 9.17) is 23.2 Å². The molecule has 0 unspecified atom stereocenters. The van der Waals surface area contributed by atoms with Crippen LogP contribution in [0.3, 0.4) is 0 Å². The molecule has 0 radical (unpaired) electrons. The van der Waals surface area contributed by atoms with Crippen LogP contribution in [-0.4, -0.2) is 18.0 Å². The van der Waals surface area contributed by atoms with E-state index in [1.165, 1.54) is 6.21 Å². The smallest absolute Gasteiger partial charge is 0.317 e. The molecule has 25 heavy (non-hydrogen) atoms. The van der Waals surface area contributed by atoms with E-state index in [0.717, 1.165) is 16.7 Å². The number of aryl methyl sites for hydroxylation is 3. The van der Waals surface area contributed by atoms with Crippen LogP contribution in [-0.2, 0) is 9.59 Å². The minimum absolute atomic E-state index is 0.390. The van der Waals surface area contributed by atoms with Crippen molar-refractivity contribution in [2.24, 2.45) is 5.10 Å². The number of nitrogens with zero attached hydrogens (tertiary/aromatic N) is 1. The number of hydrazone groups is 1. The van der Waals surface area contributed by atoms with E-state index in [-0.39, 0.29) is 0 Å². The molecular formula is C18H17Cl2N3O2. The fraction of sp³-hybridized carbons (Fsp3) is 0.167. The van der Waals surface area contributed by atoms with Crippen molar-refractivity contribution in [3.8, 4) is 0 Å². The summed E-state index contributed by atoms with van der Waals surface area (Å²) in [6.45, 7) is 5.71. The Balaban J connectivity index is 2.01. The van der Waals surface area contributed by atoms with E-state index >= 15 is 0 Å². The van der Waals surface area contributed by atoms with Crippen LogP contribution < -0.4 is 10.7 Å². The molecule has 0 heterocycles. The summed E-state index contributed by atoms with van der Waals surface area (Å²) in [4.78, 5) is 23.9. The molecule has 2 N–H and O–H groups in total. The Hall–Kier alpha value is -2.37. The predicted molar refractivity (Wildman–Crippen MR) is 101 cm³/mol. The van der Waals surface area contributed by atoms with Crippen molar-refractivity contribution >= 4 is 46.9 Å². The van der Waals surface area contributed by atoms with Crippen molar-refractivity contribution in [1.29, 1.82) is 0 Å². The molecule has 2 rings (SSSR count). The highest BCUT2D eigenvalue weighted by molar-refractivity contribution is 6.40. The molecule has 0 aliphatic carbocycles. The van der Waals surface area contributed by atoms with Crippen LogP contribution >= 0.6 is 23.2 Å². The lowest BCUT2D eigenvalue weighted by Gasteiger charge is -2.12. The molecule has 0 atom stereocenters. The summed E-state index contributed by atoms with van der Waals surface area (Å²) in [5.41, 5.74) is 6.21. The number of hydrogen-bond acceptors (Lipinski definition) is 3. The van der Waals surface area contributed by atoms with Crippen LogP contribution in [0.5, 0.6) is 0 Å². The van der Waals surface area contributed by atoms with Gasteiger partial charge in [-0.1, -0.05) is 47.0 Å². The number of nitrogens with one attached hydrogen (secondary N) is 2. The fourth-order valence-corrected chi connectivity index (χ4v) is 2.82. The average Bonchev–Trinajstić information content (AvgIpc) is 2.52. The van der Waals surface area contributed by atoms with Crippen LogP contribution in [0.15, 0.2) is 35.4 Å². The van der Waals surface area contributed by atoms with Crippen LogP contribution in [0.4, 0.5) is 5.69 Å². The summed E-state index contributed by atoms with van der Waals surface area (Å²) in [7, 11) is 0. The first-order valence-electron chi connectivity index (χ1n) is 7.45. The molecule has 130 valence electrons. The van der Waals surface area contributed by atoms with Gasteiger partial charge in [0.15, 0.2) is 0 Å².